The number of nitrogens with zero attached hydrogens (tertiary/aromatic N) is 3. The molecule has 0 spiro atoms. The maximum absolute atomic E-state index is 13.2. The predicted molar refractivity (Wildman–Crippen MR) is 122 cm³/mol. The van der Waals surface area contributed by atoms with E-state index in [2.05, 4.69) is 0 Å². The normalized spacial score (nSPS) is 14.0. The molecule has 3 amide bonds. The third kappa shape index (κ3) is 7.11. The number of hydrogen-bond acceptors (Lipinski definition) is 7. The highest BCUT2D eigenvalue weighted by atomic mass is 32.2. The second-order valence-electron chi connectivity index (χ2n) is 7.70. The molecule has 35 heavy (non-hydrogen) atoms. The number of carbonyl (C=O) groups is 2. The Morgan fingerprint density at radius 2 is 1.63 bits per heavy atom. The molecule has 0 saturated carbocycles. The summed E-state index contributed by atoms with van der Waals surface area (Å²) in [4.78, 5) is 27.2. The summed E-state index contributed by atoms with van der Waals surface area (Å²) >= 11 is 0. The number of carbonyl (C=O) groups excluding carboxylic acids is 2. The van der Waals surface area contributed by atoms with E-state index in [1.165, 1.54) is 66.0 Å². The van der Waals surface area contributed by atoms with Gasteiger partial charge in [0, 0.05) is 33.2 Å². The van der Waals surface area contributed by atoms with Crippen LogP contribution in [-0.2, 0) is 19.6 Å². The zero-order chi connectivity index (χ0) is 25.4. The van der Waals surface area contributed by atoms with E-state index < -0.39 is 28.3 Å². The first kappa shape index (κ1) is 26.3. The van der Waals surface area contributed by atoms with Crippen LogP contribution < -0.4 is 10.2 Å². The molecule has 2 aromatic rings. The van der Waals surface area contributed by atoms with Crippen LogP contribution >= 0.6 is 0 Å². The van der Waals surface area contributed by atoms with Crippen LogP contribution in [-0.4, -0.2) is 92.7 Å². The number of morpholine rings is 1. The van der Waals surface area contributed by atoms with Crippen LogP contribution in [0.5, 0.6) is 11.5 Å². The number of nitrogens with one attached hydrogen (secondary N) is 1. The number of ether oxygens (including phenoxy) is 2. The molecule has 0 aromatic heterocycles. The summed E-state index contributed by atoms with van der Waals surface area (Å²) in [5, 5.41) is 8.91. The fourth-order valence-electron chi connectivity index (χ4n) is 3.30. The van der Waals surface area contributed by atoms with Crippen molar-refractivity contribution in [1.29, 1.82) is 0 Å². The van der Waals surface area contributed by atoms with Crippen LogP contribution in [0.4, 0.5) is 9.18 Å². The lowest BCUT2D eigenvalue weighted by Crippen LogP contribution is -2.49. The van der Waals surface area contributed by atoms with Gasteiger partial charge in [-0.05, 0) is 48.5 Å². The van der Waals surface area contributed by atoms with E-state index in [1.54, 1.807) is 4.90 Å². The van der Waals surface area contributed by atoms with Gasteiger partial charge in [-0.25, -0.2) is 23.1 Å². The minimum absolute atomic E-state index is 0.0138. The molecule has 1 fully saturated rings. The first-order valence-corrected chi connectivity index (χ1v) is 12.2. The standard InChI is InChI=1S/C22H27FN4O7S/c1-25(22(29)26-12-14-33-15-13-26)10-11-27(16-21(28)24-30)35(31,32)20-8-6-19(7-9-20)34-18-4-2-17(23)3-5-18/h2-9,30H,10-16H2,1H3,(H,24,28). The Balaban J connectivity index is 1.70. The molecular weight excluding hydrogens is 483 g/mol. The predicted octanol–water partition coefficient (Wildman–Crippen LogP) is 1.50. The highest BCUT2D eigenvalue weighted by molar-refractivity contribution is 7.89. The van der Waals surface area contributed by atoms with E-state index in [9.17, 15) is 22.4 Å². The third-order valence-electron chi connectivity index (χ3n) is 5.25. The fourth-order valence-corrected chi connectivity index (χ4v) is 4.69. The quantitative estimate of drug-likeness (QED) is 0.386. The van der Waals surface area contributed by atoms with Crippen molar-refractivity contribution >= 4 is 22.0 Å². The number of hydroxylamine groups is 1. The minimum Gasteiger partial charge on any atom is -0.457 e. The van der Waals surface area contributed by atoms with Crippen molar-refractivity contribution in [2.45, 2.75) is 4.90 Å². The van der Waals surface area contributed by atoms with Crippen molar-refractivity contribution in [3.63, 3.8) is 0 Å². The zero-order valence-corrected chi connectivity index (χ0v) is 19.9. The highest BCUT2D eigenvalue weighted by Crippen LogP contribution is 2.24. The van der Waals surface area contributed by atoms with Crippen LogP contribution in [0.2, 0.25) is 0 Å². The minimum atomic E-state index is -4.16. The van der Waals surface area contributed by atoms with E-state index in [0.29, 0.717) is 37.8 Å². The lowest BCUT2D eigenvalue weighted by atomic mass is 10.3. The molecule has 1 aliphatic heterocycles. The molecule has 1 saturated heterocycles. The molecule has 0 unspecified atom stereocenters. The van der Waals surface area contributed by atoms with E-state index in [1.807, 2.05) is 0 Å². The molecule has 3 rings (SSSR count). The van der Waals surface area contributed by atoms with Crippen molar-refractivity contribution in [2.24, 2.45) is 0 Å². The van der Waals surface area contributed by atoms with Crippen molar-refractivity contribution in [1.82, 2.24) is 19.6 Å². The molecule has 0 bridgehead atoms. The summed E-state index contributed by atoms with van der Waals surface area (Å²) in [5.74, 6) is -0.641. The Morgan fingerprint density at radius 1 is 1.06 bits per heavy atom. The molecule has 1 heterocycles. The Kier molecular flexibility index (Phi) is 8.98. The van der Waals surface area contributed by atoms with Gasteiger partial charge in [-0.1, -0.05) is 0 Å². The molecule has 2 aromatic carbocycles. The number of likely N-dealkylation sites (N-methyl/N-ethyl adjacent to an activating group) is 1. The van der Waals surface area contributed by atoms with Crippen LogP contribution in [0.25, 0.3) is 0 Å². The SMILES string of the molecule is CN(CCN(CC(=O)NO)S(=O)(=O)c1ccc(Oc2ccc(F)cc2)cc1)C(=O)N1CCOCC1. The maximum atomic E-state index is 13.2. The second-order valence-corrected chi connectivity index (χ2v) is 9.64. The molecule has 1 aliphatic rings. The number of halogens is 1. The zero-order valence-electron chi connectivity index (χ0n) is 19.1. The molecule has 0 aliphatic carbocycles. The van der Waals surface area contributed by atoms with Gasteiger partial charge in [0.25, 0.3) is 5.91 Å². The Labute approximate surface area is 202 Å². The summed E-state index contributed by atoms with van der Waals surface area (Å²) in [6, 6.07) is 10.5. The largest absolute Gasteiger partial charge is 0.457 e. The van der Waals surface area contributed by atoms with Gasteiger partial charge < -0.3 is 19.3 Å². The van der Waals surface area contributed by atoms with Crippen LogP contribution in [0.3, 0.4) is 0 Å². The summed E-state index contributed by atoms with van der Waals surface area (Å²) in [5.41, 5.74) is 1.43. The van der Waals surface area contributed by atoms with Gasteiger partial charge in [0.05, 0.1) is 24.7 Å². The second kappa shape index (κ2) is 11.9. The summed E-state index contributed by atoms with van der Waals surface area (Å²) < 4.78 is 51.2. The first-order valence-electron chi connectivity index (χ1n) is 10.7. The van der Waals surface area contributed by atoms with Gasteiger partial charge in [-0.2, -0.15) is 4.31 Å². The molecule has 13 heteroatoms. The third-order valence-corrected chi connectivity index (χ3v) is 7.11. The molecule has 2 N–H and O–H groups in total. The molecule has 0 radical (unpaired) electrons. The smallest absolute Gasteiger partial charge is 0.319 e. The van der Waals surface area contributed by atoms with Crippen LogP contribution in [0, 0.1) is 5.82 Å². The number of urea groups is 1. The molecule has 190 valence electrons. The average molecular weight is 511 g/mol. The maximum Gasteiger partial charge on any atom is 0.319 e. The van der Waals surface area contributed by atoms with Crippen molar-refractivity contribution in [2.75, 3.05) is 53.0 Å². The van der Waals surface area contributed by atoms with E-state index >= 15 is 0 Å². The van der Waals surface area contributed by atoms with Crippen LogP contribution in [0.15, 0.2) is 53.4 Å². The Bertz CT molecular complexity index is 1110. The number of hydrogen-bond donors (Lipinski definition) is 2. The van der Waals surface area contributed by atoms with Crippen LogP contribution in [0.1, 0.15) is 0 Å². The molecular formula is C22H27FN4O7S. The van der Waals surface area contributed by atoms with Crippen molar-refractivity contribution in [3.8, 4) is 11.5 Å². The topological polar surface area (TPSA) is 129 Å². The van der Waals surface area contributed by atoms with E-state index in [4.69, 9.17) is 14.7 Å². The van der Waals surface area contributed by atoms with Crippen molar-refractivity contribution < 1.29 is 37.1 Å². The lowest BCUT2D eigenvalue weighted by Gasteiger charge is -2.32. The van der Waals surface area contributed by atoms with Gasteiger partial charge >= 0.3 is 6.03 Å². The number of amides is 3. The number of rotatable bonds is 9. The van der Waals surface area contributed by atoms with Crippen molar-refractivity contribution in [3.05, 3.63) is 54.3 Å². The summed E-state index contributed by atoms with van der Waals surface area (Å²) in [6.45, 7) is 0.909. The molecule has 11 nitrogen and oxygen atoms in total. The average Bonchev–Trinajstić information content (AvgIpc) is 2.87. The Morgan fingerprint density at radius 3 is 2.20 bits per heavy atom. The van der Waals surface area contributed by atoms with Gasteiger partial charge in [0.15, 0.2) is 0 Å². The lowest BCUT2D eigenvalue weighted by molar-refractivity contribution is -0.129. The van der Waals surface area contributed by atoms with Gasteiger partial charge in [0.1, 0.15) is 17.3 Å². The summed E-state index contributed by atoms with van der Waals surface area (Å²) in [7, 11) is -2.63. The number of benzene rings is 2. The van der Waals surface area contributed by atoms with Gasteiger partial charge in [-0.15, -0.1) is 0 Å². The fraction of sp³-hybridized carbons (Fsp3) is 0.364. The van der Waals surface area contributed by atoms with Gasteiger partial charge in [0.2, 0.25) is 10.0 Å². The van der Waals surface area contributed by atoms with E-state index in [0.717, 1.165) is 4.31 Å². The molecule has 0 atom stereocenters. The van der Waals surface area contributed by atoms with Gasteiger partial charge in [-0.3, -0.25) is 10.0 Å². The first-order chi connectivity index (χ1) is 16.7. The number of sulfonamides is 1. The van der Waals surface area contributed by atoms with E-state index in [-0.39, 0.29) is 24.0 Å². The monoisotopic (exact) mass is 510 g/mol. The highest BCUT2D eigenvalue weighted by Gasteiger charge is 2.28. The Hall–Kier alpha value is -3.26. The summed E-state index contributed by atoms with van der Waals surface area (Å²) in [6.07, 6.45) is 0.